The first-order valence-electron chi connectivity index (χ1n) is 11.6. The Hall–Kier alpha value is -3.43. The molecular formula is C26H27ClFN5O3. The SMILES string of the molecule is COc1cc2c(cc1Nc1ncc(Cl)c(N3C[C@](C)(CC(=O)O)c4ccc(F)cc43)n1)CN(C)CC2. The minimum Gasteiger partial charge on any atom is -0.495 e. The van der Waals surface area contributed by atoms with Crippen molar-refractivity contribution in [1.82, 2.24) is 14.9 Å². The summed E-state index contributed by atoms with van der Waals surface area (Å²) in [6.07, 6.45) is 2.32. The largest absolute Gasteiger partial charge is 0.495 e. The van der Waals surface area contributed by atoms with Gasteiger partial charge in [-0.3, -0.25) is 4.79 Å². The lowest BCUT2D eigenvalue weighted by Gasteiger charge is -2.26. The predicted octanol–water partition coefficient (Wildman–Crippen LogP) is 4.89. The van der Waals surface area contributed by atoms with E-state index in [1.807, 2.05) is 19.1 Å². The van der Waals surface area contributed by atoms with E-state index in [0.717, 1.165) is 30.8 Å². The third-order valence-electron chi connectivity index (χ3n) is 6.90. The molecule has 2 N–H and O–H groups in total. The number of ether oxygens (including phenoxy) is 1. The van der Waals surface area contributed by atoms with E-state index < -0.39 is 17.2 Å². The van der Waals surface area contributed by atoms with Gasteiger partial charge in [-0.1, -0.05) is 24.6 Å². The highest BCUT2D eigenvalue weighted by molar-refractivity contribution is 6.33. The van der Waals surface area contributed by atoms with Gasteiger partial charge in [0, 0.05) is 30.7 Å². The van der Waals surface area contributed by atoms with E-state index in [2.05, 4.69) is 27.2 Å². The average Bonchev–Trinajstić information content (AvgIpc) is 3.10. The summed E-state index contributed by atoms with van der Waals surface area (Å²) in [6.45, 7) is 3.95. The van der Waals surface area contributed by atoms with Gasteiger partial charge in [0.05, 0.1) is 25.4 Å². The summed E-state index contributed by atoms with van der Waals surface area (Å²) in [5.41, 5.74) is 3.71. The van der Waals surface area contributed by atoms with Crippen molar-refractivity contribution in [2.75, 3.05) is 37.5 Å². The number of anilines is 4. The van der Waals surface area contributed by atoms with Crippen LogP contribution in [0.25, 0.3) is 0 Å². The lowest BCUT2D eigenvalue weighted by atomic mass is 9.81. The molecular weight excluding hydrogens is 485 g/mol. The number of nitrogens with zero attached hydrogens (tertiary/aromatic N) is 4. The Morgan fingerprint density at radius 1 is 1.31 bits per heavy atom. The minimum absolute atomic E-state index is 0.114. The number of hydrogen-bond acceptors (Lipinski definition) is 7. The van der Waals surface area contributed by atoms with Crippen molar-refractivity contribution in [2.45, 2.75) is 31.7 Å². The molecule has 2 aliphatic rings. The number of fused-ring (bicyclic) bond motifs is 2. The fourth-order valence-electron chi connectivity index (χ4n) is 5.15. The summed E-state index contributed by atoms with van der Waals surface area (Å²) in [4.78, 5) is 24.6. The number of carboxylic acid groups (broad SMARTS) is 1. The van der Waals surface area contributed by atoms with Gasteiger partial charge in [-0.25, -0.2) is 9.37 Å². The first-order valence-corrected chi connectivity index (χ1v) is 12.0. The van der Waals surface area contributed by atoms with Crippen LogP contribution >= 0.6 is 11.6 Å². The lowest BCUT2D eigenvalue weighted by Crippen LogP contribution is -2.31. The van der Waals surface area contributed by atoms with Crippen molar-refractivity contribution in [1.29, 1.82) is 0 Å². The summed E-state index contributed by atoms with van der Waals surface area (Å²) in [6, 6.07) is 8.45. The molecule has 188 valence electrons. The number of nitrogens with one attached hydrogen (secondary N) is 1. The fraction of sp³-hybridized carbons (Fsp3) is 0.346. The average molecular weight is 512 g/mol. The van der Waals surface area contributed by atoms with Crippen LogP contribution in [0, 0.1) is 5.82 Å². The number of likely N-dealkylation sites (N-methyl/N-ethyl adjacent to an activating group) is 1. The first kappa shape index (κ1) is 24.3. The Morgan fingerprint density at radius 3 is 2.86 bits per heavy atom. The van der Waals surface area contributed by atoms with Crippen molar-refractivity contribution < 1.29 is 19.0 Å². The van der Waals surface area contributed by atoms with Crippen LogP contribution in [-0.2, 0) is 23.2 Å². The van der Waals surface area contributed by atoms with E-state index in [1.54, 1.807) is 18.1 Å². The van der Waals surface area contributed by atoms with Gasteiger partial charge in [-0.2, -0.15) is 4.98 Å². The van der Waals surface area contributed by atoms with E-state index in [1.165, 1.54) is 29.5 Å². The molecule has 0 radical (unpaired) electrons. The number of aliphatic carboxylic acids is 1. The third-order valence-corrected chi connectivity index (χ3v) is 7.17. The predicted molar refractivity (Wildman–Crippen MR) is 136 cm³/mol. The Morgan fingerprint density at radius 2 is 2.11 bits per heavy atom. The van der Waals surface area contributed by atoms with Gasteiger partial charge in [0.1, 0.15) is 16.6 Å². The monoisotopic (exact) mass is 511 g/mol. The van der Waals surface area contributed by atoms with E-state index >= 15 is 0 Å². The molecule has 0 saturated carbocycles. The zero-order valence-electron chi connectivity index (χ0n) is 20.3. The Bertz CT molecular complexity index is 1350. The van der Waals surface area contributed by atoms with Crippen LogP contribution < -0.4 is 15.0 Å². The molecule has 0 spiro atoms. The van der Waals surface area contributed by atoms with E-state index in [-0.39, 0.29) is 18.0 Å². The Balaban J connectivity index is 1.52. The van der Waals surface area contributed by atoms with E-state index in [9.17, 15) is 14.3 Å². The molecule has 2 aliphatic heterocycles. The molecule has 0 bridgehead atoms. The number of carbonyl (C=O) groups is 1. The molecule has 5 rings (SSSR count). The fourth-order valence-corrected chi connectivity index (χ4v) is 5.35. The second-order valence-corrected chi connectivity index (χ2v) is 10.1. The molecule has 3 aromatic rings. The summed E-state index contributed by atoms with van der Waals surface area (Å²) in [5, 5.41) is 13.0. The number of benzene rings is 2. The maximum absolute atomic E-state index is 14.2. The topological polar surface area (TPSA) is 90.8 Å². The molecule has 0 amide bonds. The highest BCUT2D eigenvalue weighted by Crippen LogP contribution is 2.47. The molecule has 3 heterocycles. The van der Waals surface area contributed by atoms with Crippen LogP contribution in [-0.4, -0.2) is 53.2 Å². The van der Waals surface area contributed by atoms with Gasteiger partial charge in [-0.05, 0) is 54.4 Å². The van der Waals surface area contributed by atoms with Gasteiger partial charge in [0.15, 0.2) is 5.82 Å². The maximum Gasteiger partial charge on any atom is 0.304 e. The first-order chi connectivity index (χ1) is 17.2. The van der Waals surface area contributed by atoms with Gasteiger partial charge in [0.2, 0.25) is 5.95 Å². The number of halogens is 2. The number of hydrogen-bond donors (Lipinski definition) is 2. The third kappa shape index (κ3) is 4.44. The number of carboxylic acids is 1. The van der Waals surface area contributed by atoms with Crippen molar-refractivity contribution in [3.63, 3.8) is 0 Å². The summed E-state index contributed by atoms with van der Waals surface area (Å²) in [7, 11) is 3.71. The van der Waals surface area contributed by atoms with Gasteiger partial charge in [0.25, 0.3) is 0 Å². The quantitative estimate of drug-likeness (QED) is 0.483. The van der Waals surface area contributed by atoms with Crippen LogP contribution in [0.2, 0.25) is 5.02 Å². The highest BCUT2D eigenvalue weighted by atomic mass is 35.5. The van der Waals surface area contributed by atoms with Gasteiger partial charge in [-0.15, -0.1) is 0 Å². The standard InChI is InChI=1S/C26H27ClFN5O3/c1-26(11-23(34)35)14-33(21-10-17(28)4-5-18(21)26)24-19(27)12-29-25(31-24)30-20-8-16-13-32(2)7-6-15(16)9-22(20)36-3/h4-5,8-10,12H,6-7,11,13-14H2,1-3H3,(H,34,35)(H,29,30,31)/t26-/m0/s1. The summed E-state index contributed by atoms with van der Waals surface area (Å²) < 4.78 is 19.9. The van der Waals surface area contributed by atoms with E-state index in [0.29, 0.717) is 23.2 Å². The lowest BCUT2D eigenvalue weighted by molar-refractivity contribution is -0.138. The Kier molecular flexibility index (Phi) is 6.22. The summed E-state index contributed by atoms with van der Waals surface area (Å²) >= 11 is 6.52. The van der Waals surface area contributed by atoms with Crippen LogP contribution in [0.3, 0.4) is 0 Å². The van der Waals surface area contributed by atoms with Gasteiger partial charge < -0.3 is 25.0 Å². The number of aromatic nitrogens is 2. The molecule has 2 aromatic carbocycles. The molecule has 0 saturated heterocycles. The highest BCUT2D eigenvalue weighted by Gasteiger charge is 2.42. The van der Waals surface area contributed by atoms with Crippen LogP contribution in [0.15, 0.2) is 36.5 Å². The second kappa shape index (κ2) is 9.22. The second-order valence-electron chi connectivity index (χ2n) is 9.68. The van der Waals surface area contributed by atoms with E-state index in [4.69, 9.17) is 16.3 Å². The number of methoxy groups -OCH3 is 1. The molecule has 1 atom stereocenters. The zero-order valence-corrected chi connectivity index (χ0v) is 21.1. The summed E-state index contributed by atoms with van der Waals surface area (Å²) in [5.74, 6) is -0.0176. The van der Waals surface area contributed by atoms with Gasteiger partial charge >= 0.3 is 5.97 Å². The van der Waals surface area contributed by atoms with Crippen molar-refractivity contribution in [3.8, 4) is 5.75 Å². The molecule has 8 nitrogen and oxygen atoms in total. The molecule has 0 fully saturated rings. The Labute approximate surface area is 213 Å². The normalized spacial score (nSPS) is 19.1. The maximum atomic E-state index is 14.2. The minimum atomic E-state index is -0.934. The molecule has 0 aliphatic carbocycles. The van der Waals surface area contributed by atoms with Crippen molar-refractivity contribution in [2.24, 2.45) is 0 Å². The smallest absolute Gasteiger partial charge is 0.304 e. The molecule has 0 unspecified atom stereocenters. The molecule has 10 heteroatoms. The van der Waals surface area contributed by atoms with Crippen molar-refractivity contribution >= 4 is 40.7 Å². The molecule has 36 heavy (non-hydrogen) atoms. The number of rotatable bonds is 6. The van der Waals surface area contributed by atoms with Crippen LogP contribution in [0.1, 0.15) is 30.0 Å². The van der Waals surface area contributed by atoms with Crippen LogP contribution in [0.5, 0.6) is 5.75 Å². The van der Waals surface area contributed by atoms with Crippen molar-refractivity contribution in [3.05, 3.63) is 64.1 Å². The van der Waals surface area contributed by atoms with Crippen LogP contribution in [0.4, 0.5) is 27.5 Å². The molecule has 1 aromatic heterocycles. The zero-order chi connectivity index (χ0) is 25.6.